The van der Waals surface area contributed by atoms with Gasteiger partial charge in [-0.25, -0.2) is 0 Å². The van der Waals surface area contributed by atoms with Crippen molar-refractivity contribution in [2.75, 3.05) is 18.6 Å². The predicted molar refractivity (Wildman–Crippen MR) is 124 cm³/mol. The van der Waals surface area contributed by atoms with Gasteiger partial charge in [-0.2, -0.15) is 0 Å². The molecule has 3 aromatic carbocycles. The number of ether oxygens (including phenoxy) is 2. The van der Waals surface area contributed by atoms with Gasteiger partial charge in [0.15, 0.2) is 5.11 Å². The standard InChI is InChI=1S/C24H26N2O3S/c1-3-29-22-14-10-20(11-15-22)26(17-19-6-4-5-7-23(19)27)24(30)25-16-18-8-12-21(28-2)13-9-18/h4-15,27H,3,16-17H2,1-2H3,(H,25,30). The third-order valence-electron chi connectivity index (χ3n) is 4.63. The van der Waals surface area contributed by atoms with E-state index in [2.05, 4.69) is 5.32 Å². The number of nitrogens with zero attached hydrogens (tertiary/aromatic N) is 1. The highest BCUT2D eigenvalue weighted by atomic mass is 32.1. The monoisotopic (exact) mass is 422 g/mol. The summed E-state index contributed by atoms with van der Waals surface area (Å²) in [5, 5.41) is 14.1. The van der Waals surface area contributed by atoms with E-state index in [1.165, 1.54) is 0 Å². The zero-order valence-corrected chi connectivity index (χ0v) is 18.0. The predicted octanol–water partition coefficient (Wildman–Crippen LogP) is 4.88. The van der Waals surface area contributed by atoms with Crippen LogP contribution in [0.2, 0.25) is 0 Å². The Morgan fingerprint density at radius 1 is 0.967 bits per heavy atom. The van der Waals surface area contributed by atoms with Gasteiger partial charge in [0.1, 0.15) is 17.2 Å². The summed E-state index contributed by atoms with van der Waals surface area (Å²) in [4.78, 5) is 1.96. The van der Waals surface area contributed by atoms with E-state index in [1.807, 2.05) is 72.5 Å². The number of phenolic OH excluding ortho intramolecular Hbond substituents is 1. The molecule has 5 nitrogen and oxygen atoms in total. The summed E-state index contributed by atoms with van der Waals surface area (Å²) in [6, 6.07) is 22.9. The van der Waals surface area contributed by atoms with Crippen molar-refractivity contribution >= 4 is 23.0 Å². The fourth-order valence-corrected chi connectivity index (χ4v) is 3.24. The number of para-hydroxylation sites is 1. The van der Waals surface area contributed by atoms with Crippen LogP contribution in [0.4, 0.5) is 5.69 Å². The van der Waals surface area contributed by atoms with E-state index >= 15 is 0 Å². The molecule has 6 heteroatoms. The zero-order valence-electron chi connectivity index (χ0n) is 17.2. The molecule has 0 aliphatic heterocycles. The molecule has 0 bridgehead atoms. The molecule has 30 heavy (non-hydrogen) atoms. The van der Waals surface area contributed by atoms with E-state index in [1.54, 1.807) is 19.2 Å². The van der Waals surface area contributed by atoms with Gasteiger partial charge in [-0.05, 0) is 67.2 Å². The molecule has 0 spiro atoms. The SMILES string of the molecule is CCOc1ccc(N(Cc2ccccc2O)C(=S)NCc2ccc(OC)cc2)cc1. The van der Waals surface area contributed by atoms with E-state index in [4.69, 9.17) is 21.7 Å². The molecule has 0 heterocycles. The number of nitrogens with one attached hydrogen (secondary N) is 1. The summed E-state index contributed by atoms with van der Waals surface area (Å²) in [5.41, 5.74) is 2.79. The Morgan fingerprint density at radius 2 is 1.63 bits per heavy atom. The van der Waals surface area contributed by atoms with Crippen LogP contribution >= 0.6 is 12.2 Å². The highest BCUT2D eigenvalue weighted by Crippen LogP contribution is 2.25. The van der Waals surface area contributed by atoms with Crippen molar-refractivity contribution in [1.82, 2.24) is 5.32 Å². The molecule has 0 atom stereocenters. The second-order valence-electron chi connectivity index (χ2n) is 6.65. The van der Waals surface area contributed by atoms with Crippen LogP contribution in [0.25, 0.3) is 0 Å². The number of hydrogen-bond donors (Lipinski definition) is 2. The number of benzene rings is 3. The summed E-state index contributed by atoms with van der Waals surface area (Å²) in [7, 11) is 1.65. The minimum Gasteiger partial charge on any atom is -0.508 e. The lowest BCUT2D eigenvalue weighted by molar-refractivity contribution is 0.340. The largest absolute Gasteiger partial charge is 0.508 e. The molecule has 0 saturated carbocycles. The van der Waals surface area contributed by atoms with Gasteiger partial charge in [-0.1, -0.05) is 30.3 Å². The van der Waals surface area contributed by atoms with Crippen LogP contribution in [0.3, 0.4) is 0 Å². The molecule has 0 radical (unpaired) electrons. The van der Waals surface area contributed by atoms with Crippen LogP contribution in [0.5, 0.6) is 17.2 Å². The second-order valence-corrected chi connectivity index (χ2v) is 7.04. The molecule has 3 rings (SSSR count). The molecular formula is C24H26N2O3S. The van der Waals surface area contributed by atoms with Gasteiger partial charge in [-0.3, -0.25) is 0 Å². The first kappa shape index (κ1) is 21.5. The molecule has 0 fully saturated rings. The minimum atomic E-state index is 0.242. The number of anilines is 1. The number of phenols is 1. The molecule has 0 aromatic heterocycles. The van der Waals surface area contributed by atoms with Crippen molar-refractivity contribution in [3.05, 3.63) is 83.9 Å². The average molecular weight is 423 g/mol. The van der Waals surface area contributed by atoms with Crippen molar-refractivity contribution in [1.29, 1.82) is 0 Å². The fourth-order valence-electron chi connectivity index (χ4n) is 3.00. The van der Waals surface area contributed by atoms with Crippen molar-refractivity contribution in [2.45, 2.75) is 20.0 Å². The van der Waals surface area contributed by atoms with Crippen LogP contribution in [-0.4, -0.2) is 23.9 Å². The fraction of sp³-hybridized carbons (Fsp3) is 0.208. The third kappa shape index (κ3) is 5.64. The van der Waals surface area contributed by atoms with Gasteiger partial charge in [0.25, 0.3) is 0 Å². The quantitative estimate of drug-likeness (QED) is 0.505. The van der Waals surface area contributed by atoms with Crippen LogP contribution in [0, 0.1) is 0 Å². The van der Waals surface area contributed by atoms with Crippen molar-refractivity contribution in [3.8, 4) is 17.2 Å². The normalized spacial score (nSPS) is 10.3. The Kier molecular flexibility index (Phi) is 7.51. The highest BCUT2D eigenvalue weighted by Gasteiger charge is 2.15. The maximum atomic E-state index is 10.2. The summed E-state index contributed by atoms with van der Waals surface area (Å²) in [6.45, 7) is 3.59. The van der Waals surface area contributed by atoms with Gasteiger partial charge in [0.2, 0.25) is 0 Å². The van der Waals surface area contributed by atoms with Gasteiger partial charge in [-0.15, -0.1) is 0 Å². The number of methoxy groups -OCH3 is 1. The lowest BCUT2D eigenvalue weighted by Gasteiger charge is -2.27. The number of hydrogen-bond acceptors (Lipinski definition) is 4. The van der Waals surface area contributed by atoms with Crippen LogP contribution in [-0.2, 0) is 13.1 Å². The summed E-state index contributed by atoms with van der Waals surface area (Å²) in [6.07, 6.45) is 0. The van der Waals surface area contributed by atoms with E-state index < -0.39 is 0 Å². The number of rotatable bonds is 8. The Morgan fingerprint density at radius 3 is 2.27 bits per heavy atom. The lowest BCUT2D eigenvalue weighted by atomic mass is 10.1. The van der Waals surface area contributed by atoms with Gasteiger partial charge >= 0.3 is 0 Å². The molecule has 3 aromatic rings. The summed E-state index contributed by atoms with van der Waals surface area (Å²) in [5.74, 6) is 1.86. The Hall–Kier alpha value is -3.25. The molecule has 2 N–H and O–H groups in total. The summed E-state index contributed by atoms with van der Waals surface area (Å²) >= 11 is 5.71. The first-order valence-electron chi connectivity index (χ1n) is 9.78. The second kappa shape index (κ2) is 10.5. The molecule has 0 aliphatic carbocycles. The number of thiocarbonyl (C=S) groups is 1. The summed E-state index contributed by atoms with van der Waals surface area (Å²) < 4.78 is 10.8. The molecule has 0 saturated heterocycles. The average Bonchev–Trinajstić information content (AvgIpc) is 2.78. The van der Waals surface area contributed by atoms with Crippen molar-refractivity contribution < 1.29 is 14.6 Å². The third-order valence-corrected chi connectivity index (χ3v) is 4.99. The van der Waals surface area contributed by atoms with Gasteiger partial charge in [0, 0.05) is 17.8 Å². The molecule has 0 aliphatic rings. The zero-order chi connectivity index (χ0) is 21.3. The Labute approximate surface area is 182 Å². The molecule has 156 valence electrons. The maximum Gasteiger partial charge on any atom is 0.174 e. The van der Waals surface area contributed by atoms with E-state index in [-0.39, 0.29) is 5.75 Å². The molecule has 0 unspecified atom stereocenters. The van der Waals surface area contributed by atoms with E-state index in [9.17, 15) is 5.11 Å². The van der Waals surface area contributed by atoms with Crippen LogP contribution in [0.15, 0.2) is 72.8 Å². The topological polar surface area (TPSA) is 54.0 Å². The highest BCUT2D eigenvalue weighted by molar-refractivity contribution is 7.80. The van der Waals surface area contributed by atoms with E-state index in [0.717, 1.165) is 28.3 Å². The minimum absolute atomic E-state index is 0.242. The van der Waals surface area contributed by atoms with E-state index in [0.29, 0.717) is 24.8 Å². The lowest BCUT2D eigenvalue weighted by Crippen LogP contribution is -2.39. The first-order chi connectivity index (χ1) is 14.6. The van der Waals surface area contributed by atoms with Crippen molar-refractivity contribution in [2.24, 2.45) is 0 Å². The molecule has 0 amide bonds. The van der Waals surface area contributed by atoms with Crippen LogP contribution in [0.1, 0.15) is 18.1 Å². The Balaban J connectivity index is 1.78. The van der Waals surface area contributed by atoms with Crippen LogP contribution < -0.4 is 19.7 Å². The van der Waals surface area contributed by atoms with Crippen molar-refractivity contribution in [3.63, 3.8) is 0 Å². The molecular weight excluding hydrogens is 396 g/mol. The van der Waals surface area contributed by atoms with Gasteiger partial charge < -0.3 is 24.8 Å². The first-order valence-corrected chi connectivity index (χ1v) is 10.2. The Bertz CT molecular complexity index is 959. The maximum absolute atomic E-state index is 10.2. The van der Waals surface area contributed by atoms with Gasteiger partial charge in [0.05, 0.1) is 20.3 Å². The smallest absolute Gasteiger partial charge is 0.174 e. The number of aromatic hydroxyl groups is 1.